The summed E-state index contributed by atoms with van der Waals surface area (Å²) in [6, 6.07) is 6.43. The quantitative estimate of drug-likeness (QED) is 0.770. The molecular weight excluding hydrogens is 200 g/mol. The Morgan fingerprint density at radius 1 is 1.21 bits per heavy atom. The first-order chi connectivity index (χ1) is 6.59. The molecule has 1 aromatic carbocycles. The van der Waals surface area contributed by atoms with Crippen LogP contribution in [0.2, 0.25) is 0 Å². The van der Waals surface area contributed by atoms with Crippen molar-refractivity contribution in [3.05, 3.63) is 29.8 Å². The Kier molecular flexibility index (Phi) is 2.23. The van der Waals surface area contributed by atoms with Gasteiger partial charge in [0, 0.05) is 0 Å². The van der Waals surface area contributed by atoms with Crippen molar-refractivity contribution in [3.8, 4) is 5.75 Å². The Labute approximate surface area is 83.3 Å². The maximum absolute atomic E-state index is 11.6. The van der Waals surface area contributed by atoms with Crippen LogP contribution >= 0.6 is 0 Å². The van der Waals surface area contributed by atoms with Gasteiger partial charge < -0.3 is 5.11 Å². The van der Waals surface area contributed by atoms with Crippen LogP contribution in [0.15, 0.2) is 24.3 Å². The molecule has 0 spiro atoms. The normalized spacial score (nSPS) is 25.0. The van der Waals surface area contributed by atoms with Crippen molar-refractivity contribution in [2.45, 2.75) is 18.1 Å². The molecule has 1 atom stereocenters. The molecule has 4 heteroatoms. The lowest BCUT2D eigenvalue weighted by Crippen LogP contribution is -2.07. The predicted molar refractivity (Wildman–Crippen MR) is 53.9 cm³/mol. The monoisotopic (exact) mass is 212 g/mol. The maximum atomic E-state index is 11.6. The highest BCUT2D eigenvalue weighted by Crippen LogP contribution is 2.34. The van der Waals surface area contributed by atoms with Gasteiger partial charge in [0.2, 0.25) is 0 Å². The second-order valence-electron chi connectivity index (χ2n) is 3.59. The molecular formula is C10H12O3S. The zero-order valence-corrected chi connectivity index (χ0v) is 8.50. The molecule has 0 aromatic heterocycles. The van der Waals surface area contributed by atoms with E-state index in [2.05, 4.69) is 0 Å². The lowest BCUT2D eigenvalue weighted by Gasteiger charge is -2.08. The molecule has 3 nitrogen and oxygen atoms in total. The highest BCUT2D eigenvalue weighted by Gasteiger charge is 2.32. The molecule has 1 saturated heterocycles. The summed E-state index contributed by atoms with van der Waals surface area (Å²) in [4.78, 5) is 0. The Hall–Kier alpha value is -1.03. The molecule has 0 radical (unpaired) electrons. The second kappa shape index (κ2) is 3.28. The molecule has 1 aliphatic rings. The lowest BCUT2D eigenvalue weighted by molar-refractivity contribution is 0.475. The van der Waals surface area contributed by atoms with Crippen LogP contribution in [0.25, 0.3) is 0 Å². The number of rotatable bonds is 1. The molecule has 1 aromatic rings. The number of sulfone groups is 1. The van der Waals surface area contributed by atoms with Gasteiger partial charge in [0.05, 0.1) is 11.0 Å². The Morgan fingerprint density at radius 2 is 1.86 bits per heavy atom. The summed E-state index contributed by atoms with van der Waals surface area (Å²) in [5, 5.41) is 8.72. The fourth-order valence-electron chi connectivity index (χ4n) is 1.85. The summed E-state index contributed by atoms with van der Waals surface area (Å²) in [5.41, 5.74) is 0.792. The van der Waals surface area contributed by atoms with E-state index in [1.807, 2.05) is 0 Å². The third-order valence-corrected chi connectivity index (χ3v) is 4.83. The summed E-state index contributed by atoms with van der Waals surface area (Å²) >= 11 is 0. The van der Waals surface area contributed by atoms with Gasteiger partial charge in [-0.2, -0.15) is 0 Å². The summed E-state index contributed by atoms with van der Waals surface area (Å²) < 4.78 is 23.2. The van der Waals surface area contributed by atoms with Gasteiger partial charge in [-0.15, -0.1) is 0 Å². The van der Waals surface area contributed by atoms with E-state index in [1.165, 1.54) is 12.1 Å². The van der Waals surface area contributed by atoms with Crippen LogP contribution in [0.1, 0.15) is 23.7 Å². The molecule has 2 rings (SSSR count). The Bertz CT molecular complexity index is 419. The van der Waals surface area contributed by atoms with E-state index in [4.69, 9.17) is 5.11 Å². The second-order valence-corrected chi connectivity index (χ2v) is 5.89. The van der Waals surface area contributed by atoms with Crippen molar-refractivity contribution >= 4 is 9.84 Å². The van der Waals surface area contributed by atoms with Crippen molar-refractivity contribution in [1.82, 2.24) is 0 Å². The van der Waals surface area contributed by atoms with Gasteiger partial charge in [0.1, 0.15) is 5.75 Å². The van der Waals surface area contributed by atoms with Crippen LogP contribution in [0.3, 0.4) is 0 Å². The number of aromatic hydroxyl groups is 1. The van der Waals surface area contributed by atoms with Gasteiger partial charge in [0.25, 0.3) is 0 Å². The number of hydrogen-bond donors (Lipinski definition) is 1. The highest BCUT2D eigenvalue weighted by molar-refractivity contribution is 7.91. The molecule has 14 heavy (non-hydrogen) atoms. The van der Waals surface area contributed by atoms with Crippen molar-refractivity contribution in [1.29, 1.82) is 0 Å². The molecule has 0 amide bonds. The van der Waals surface area contributed by atoms with Crippen molar-refractivity contribution in [3.63, 3.8) is 0 Å². The number of phenolic OH excluding ortho intramolecular Hbond substituents is 1. The lowest BCUT2D eigenvalue weighted by atomic mass is 10.1. The predicted octanol–water partition coefficient (Wildman–Crippen LogP) is 1.64. The topological polar surface area (TPSA) is 54.4 Å². The van der Waals surface area contributed by atoms with Gasteiger partial charge in [-0.1, -0.05) is 12.1 Å². The largest absolute Gasteiger partial charge is 0.508 e. The van der Waals surface area contributed by atoms with E-state index in [1.54, 1.807) is 12.1 Å². The fraction of sp³-hybridized carbons (Fsp3) is 0.400. The van der Waals surface area contributed by atoms with Crippen LogP contribution in [-0.2, 0) is 9.84 Å². The minimum atomic E-state index is -2.93. The van der Waals surface area contributed by atoms with Gasteiger partial charge >= 0.3 is 0 Å². The fourth-order valence-corrected chi connectivity index (χ4v) is 3.81. The maximum Gasteiger partial charge on any atom is 0.157 e. The zero-order chi connectivity index (χ0) is 10.2. The summed E-state index contributed by atoms with van der Waals surface area (Å²) in [6.45, 7) is 0. The molecule has 1 N–H and O–H groups in total. The first kappa shape index (κ1) is 9.52. The molecule has 1 aliphatic heterocycles. The molecule has 1 heterocycles. The van der Waals surface area contributed by atoms with E-state index in [-0.39, 0.29) is 11.0 Å². The van der Waals surface area contributed by atoms with Gasteiger partial charge in [-0.3, -0.25) is 0 Å². The van der Waals surface area contributed by atoms with Crippen molar-refractivity contribution in [2.24, 2.45) is 0 Å². The molecule has 0 saturated carbocycles. The summed E-state index contributed by atoms with van der Waals surface area (Å²) in [7, 11) is -2.93. The van der Waals surface area contributed by atoms with Crippen molar-refractivity contribution in [2.75, 3.05) is 5.75 Å². The summed E-state index contributed by atoms with van der Waals surface area (Å²) in [6.07, 6.45) is 1.45. The van der Waals surface area contributed by atoms with Gasteiger partial charge in [-0.05, 0) is 30.5 Å². The summed E-state index contributed by atoms with van der Waals surface area (Å²) in [5.74, 6) is 0.461. The smallest absolute Gasteiger partial charge is 0.157 e. The van der Waals surface area contributed by atoms with E-state index >= 15 is 0 Å². The van der Waals surface area contributed by atoms with Crippen LogP contribution < -0.4 is 0 Å². The molecule has 1 fully saturated rings. The first-order valence-corrected chi connectivity index (χ1v) is 6.32. The number of benzene rings is 1. The molecule has 0 aliphatic carbocycles. The molecule has 1 unspecified atom stereocenters. The first-order valence-electron chi connectivity index (χ1n) is 4.60. The molecule has 0 bridgehead atoms. The highest BCUT2D eigenvalue weighted by atomic mass is 32.2. The van der Waals surface area contributed by atoms with Crippen LogP contribution in [0.5, 0.6) is 5.75 Å². The van der Waals surface area contributed by atoms with E-state index in [0.29, 0.717) is 12.2 Å². The Morgan fingerprint density at radius 3 is 2.36 bits per heavy atom. The van der Waals surface area contributed by atoms with Crippen LogP contribution in [0.4, 0.5) is 0 Å². The van der Waals surface area contributed by atoms with Crippen LogP contribution in [0, 0.1) is 0 Å². The average molecular weight is 212 g/mol. The molecule has 76 valence electrons. The Balaban J connectivity index is 2.36. The third kappa shape index (κ3) is 1.62. The van der Waals surface area contributed by atoms with E-state index < -0.39 is 9.84 Å². The van der Waals surface area contributed by atoms with Crippen LogP contribution in [-0.4, -0.2) is 19.3 Å². The standard InChI is InChI=1S/C10H12O3S/c11-9-5-3-8(4-6-9)10-2-1-7-14(10,12)13/h3-6,10-11H,1-2,7H2. The van der Waals surface area contributed by atoms with Gasteiger partial charge in [-0.25, -0.2) is 8.42 Å². The SMILES string of the molecule is O=S1(=O)CCCC1c1ccc(O)cc1. The van der Waals surface area contributed by atoms with E-state index in [0.717, 1.165) is 12.0 Å². The average Bonchev–Trinajstić information content (AvgIpc) is 2.47. The van der Waals surface area contributed by atoms with Gasteiger partial charge in [0.15, 0.2) is 9.84 Å². The van der Waals surface area contributed by atoms with E-state index in [9.17, 15) is 8.42 Å². The van der Waals surface area contributed by atoms with Crippen molar-refractivity contribution < 1.29 is 13.5 Å². The third-order valence-electron chi connectivity index (χ3n) is 2.59. The zero-order valence-electron chi connectivity index (χ0n) is 7.68. The minimum Gasteiger partial charge on any atom is -0.508 e. The minimum absolute atomic E-state index is 0.171. The number of phenols is 1. The number of hydrogen-bond acceptors (Lipinski definition) is 3.